The van der Waals surface area contributed by atoms with Crippen LogP contribution in [-0.4, -0.2) is 57.8 Å². The molecule has 32 heavy (non-hydrogen) atoms. The predicted octanol–water partition coefficient (Wildman–Crippen LogP) is 2.77. The summed E-state index contributed by atoms with van der Waals surface area (Å²) >= 11 is 0.664. The lowest BCUT2D eigenvalue weighted by molar-refractivity contribution is -0.127. The first-order valence-corrected chi connectivity index (χ1v) is 9.81. The van der Waals surface area contributed by atoms with Gasteiger partial charge in [0.05, 0.1) is 23.1 Å². The minimum atomic E-state index is -1.38. The normalized spacial score (nSPS) is 14.5. The van der Waals surface area contributed by atoms with Gasteiger partial charge < -0.3 is 20.3 Å². The van der Waals surface area contributed by atoms with Crippen LogP contribution in [0.4, 0.5) is 10.5 Å². The molecule has 0 atom stereocenters. The van der Waals surface area contributed by atoms with E-state index in [2.05, 4.69) is 5.32 Å². The van der Waals surface area contributed by atoms with E-state index >= 15 is 0 Å². The van der Waals surface area contributed by atoms with Crippen molar-refractivity contribution in [3.05, 3.63) is 64.1 Å². The molecule has 0 aromatic heterocycles. The van der Waals surface area contributed by atoms with E-state index in [0.29, 0.717) is 23.1 Å². The molecule has 1 saturated heterocycles. The lowest BCUT2D eigenvalue weighted by Crippen LogP contribution is -2.36. The van der Waals surface area contributed by atoms with Crippen molar-refractivity contribution in [3.63, 3.8) is 0 Å². The van der Waals surface area contributed by atoms with Crippen molar-refractivity contribution in [1.29, 1.82) is 0 Å². The molecule has 1 heterocycles. The van der Waals surface area contributed by atoms with E-state index in [4.69, 9.17) is 14.9 Å². The Balaban J connectivity index is 1.76. The highest BCUT2D eigenvalue weighted by atomic mass is 32.2. The molecule has 1 aliphatic rings. The number of thioether (sulfide) groups is 1. The number of methoxy groups -OCH3 is 1. The third-order valence-electron chi connectivity index (χ3n) is 4.31. The number of carbonyl (C=O) groups excluding carboxylic acids is 3. The number of hydrogen-bond donors (Lipinski definition) is 3. The Bertz CT molecular complexity index is 1140. The van der Waals surface area contributed by atoms with Gasteiger partial charge in [0.1, 0.15) is 12.3 Å². The minimum absolute atomic E-state index is 0.0937. The average molecular weight is 456 g/mol. The van der Waals surface area contributed by atoms with E-state index in [9.17, 15) is 24.0 Å². The molecule has 3 N–H and O–H groups in total. The molecule has 1 aliphatic heterocycles. The van der Waals surface area contributed by atoms with Gasteiger partial charge in [-0.2, -0.15) is 0 Å². The van der Waals surface area contributed by atoms with Crippen LogP contribution >= 0.6 is 11.8 Å². The Morgan fingerprint density at radius 2 is 1.69 bits per heavy atom. The highest BCUT2D eigenvalue weighted by molar-refractivity contribution is 8.18. The number of aromatic carboxylic acids is 2. The number of carbonyl (C=O) groups is 5. The summed E-state index contributed by atoms with van der Waals surface area (Å²) in [6.07, 6.45) is 1.48. The maximum absolute atomic E-state index is 12.6. The topological polar surface area (TPSA) is 150 Å². The van der Waals surface area contributed by atoms with Crippen LogP contribution in [-0.2, 0) is 9.59 Å². The zero-order valence-electron chi connectivity index (χ0n) is 16.5. The Hall–Kier alpha value is -4.12. The summed E-state index contributed by atoms with van der Waals surface area (Å²) in [5.74, 6) is -3.73. The summed E-state index contributed by atoms with van der Waals surface area (Å²) in [6.45, 7) is -0.631. The Morgan fingerprint density at radius 3 is 2.28 bits per heavy atom. The smallest absolute Gasteiger partial charge is 0.335 e. The molecule has 3 rings (SSSR count). The number of carboxylic acids is 2. The molecule has 10 nitrogen and oxygen atoms in total. The van der Waals surface area contributed by atoms with Crippen molar-refractivity contribution in [2.75, 3.05) is 19.0 Å². The highest BCUT2D eigenvalue weighted by Gasteiger charge is 2.36. The zero-order valence-corrected chi connectivity index (χ0v) is 17.3. The highest BCUT2D eigenvalue weighted by Crippen LogP contribution is 2.33. The average Bonchev–Trinajstić information content (AvgIpc) is 3.01. The van der Waals surface area contributed by atoms with Crippen molar-refractivity contribution in [3.8, 4) is 5.75 Å². The van der Waals surface area contributed by atoms with E-state index in [1.165, 1.54) is 13.2 Å². The van der Waals surface area contributed by atoms with Crippen LogP contribution < -0.4 is 10.1 Å². The number of anilines is 1. The van der Waals surface area contributed by atoms with Gasteiger partial charge >= 0.3 is 11.9 Å². The summed E-state index contributed by atoms with van der Waals surface area (Å²) in [7, 11) is 1.47. The predicted molar refractivity (Wildman–Crippen MR) is 115 cm³/mol. The van der Waals surface area contributed by atoms with Crippen molar-refractivity contribution in [2.24, 2.45) is 0 Å². The van der Waals surface area contributed by atoms with Crippen LogP contribution in [0, 0.1) is 0 Å². The second kappa shape index (κ2) is 9.35. The lowest BCUT2D eigenvalue weighted by Gasteiger charge is -2.13. The van der Waals surface area contributed by atoms with E-state index in [-0.39, 0.29) is 21.7 Å². The number of benzene rings is 2. The molecule has 0 unspecified atom stereocenters. The molecule has 0 spiro atoms. The summed E-state index contributed by atoms with van der Waals surface area (Å²) in [4.78, 5) is 60.5. The summed E-state index contributed by atoms with van der Waals surface area (Å²) in [5, 5.41) is 19.9. The molecule has 0 aliphatic carbocycles. The van der Waals surface area contributed by atoms with Gasteiger partial charge in [-0.15, -0.1) is 0 Å². The third kappa shape index (κ3) is 4.95. The first-order valence-electron chi connectivity index (χ1n) is 8.99. The summed E-state index contributed by atoms with van der Waals surface area (Å²) < 4.78 is 5.22. The van der Waals surface area contributed by atoms with Gasteiger partial charge in [-0.3, -0.25) is 19.3 Å². The number of para-hydroxylation sites is 1. The number of rotatable bonds is 7. The van der Waals surface area contributed by atoms with Crippen molar-refractivity contribution >= 4 is 52.5 Å². The molecule has 164 valence electrons. The second-order valence-corrected chi connectivity index (χ2v) is 7.46. The van der Waals surface area contributed by atoms with Gasteiger partial charge in [0, 0.05) is 11.3 Å². The summed E-state index contributed by atoms with van der Waals surface area (Å²) in [6, 6.07) is 9.97. The number of nitrogens with one attached hydrogen (secondary N) is 1. The zero-order chi connectivity index (χ0) is 23.4. The second-order valence-electron chi connectivity index (χ2n) is 6.47. The molecular formula is C21H16N2O8S. The van der Waals surface area contributed by atoms with Gasteiger partial charge in [0.2, 0.25) is 5.91 Å². The fourth-order valence-electron chi connectivity index (χ4n) is 2.85. The number of nitrogens with zero attached hydrogens (tertiary/aromatic N) is 1. The van der Waals surface area contributed by atoms with Gasteiger partial charge in [0.15, 0.2) is 0 Å². The van der Waals surface area contributed by atoms with Crippen LogP contribution in [0.2, 0.25) is 0 Å². The molecule has 2 aromatic carbocycles. The van der Waals surface area contributed by atoms with Crippen molar-refractivity contribution in [1.82, 2.24) is 4.90 Å². The molecule has 11 heteroatoms. The maximum atomic E-state index is 12.6. The molecule has 0 radical (unpaired) electrons. The van der Waals surface area contributed by atoms with E-state index in [1.807, 2.05) is 0 Å². The van der Waals surface area contributed by atoms with Crippen LogP contribution in [0.3, 0.4) is 0 Å². The van der Waals surface area contributed by atoms with Gasteiger partial charge in [0.25, 0.3) is 11.1 Å². The summed E-state index contributed by atoms with van der Waals surface area (Å²) in [5.41, 5.74) is -0.197. The molecule has 2 aromatic rings. The quantitative estimate of drug-likeness (QED) is 0.534. The first kappa shape index (κ1) is 22.6. The lowest BCUT2D eigenvalue weighted by atomic mass is 10.1. The van der Waals surface area contributed by atoms with Crippen molar-refractivity contribution in [2.45, 2.75) is 0 Å². The van der Waals surface area contributed by atoms with Crippen LogP contribution in [0.25, 0.3) is 6.08 Å². The molecule has 3 amide bonds. The van der Waals surface area contributed by atoms with E-state index < -0.39 is 35.5 Å². The van der Waals surface area contributed by atoms with Crippen molar-refractivity contribution < 1.29 is 38.9 Å². The first-order chi connectivity index (χ1) is 15.2. The molecule has 0 bridgehead atoms. The van der Waals surface area contributed by atoms with E-state index in [1.54, 1.807) is 24.3 Å². The van der Waals surface area contributed by atoms with Crippen LogP contribution in [0.15, 0.2) is 47.4 Å². The molecular weight excluding hydrogens is 440 g/mol. The SMILES string of the molecule is COc1ccccc1/C=C1\SC(=O)N(CC(=O)Nc2cc(C(=O)O)cc(C(=O)O)c2)C1=O. The number of hydrogen-bond acceptors (Lipinski definition) is 7. The van der Waals surface area contributed by atoms with Gasteiger partial charge in [-0.1, -0.05) is 18.2 Å². The molecule has 0 saturated carbocycles. The van der Waals surface area contributed by atoms with Crippen LogP contribution in [0.1, 0.15) is 26.3 Å². The Morgan fingerprint density at radius 1 is 1.06 bits per heavy atom. The number of carboxylic acid groups (broad SMARTS) is 2. The van der Waals surface area contributed by atoms with Gasteiger partial charge in [-0.05, 0) is 42.1 Å². The largest absolute Gasteiger partial charge is 0.496 e. The Labute approximate surface area is 185 Å². The fourth-order valence-corrected chi connectivity index (χ4v) is 3.68. The Kier molecular flexibility index (Phi) is 6.59. The number of imide groups is 1. The monoisotopic (exact) mass is 456 g/mol. The minimum Gasteiger partial charge on any atom is -0.496 e. The van der Waals surface area contributed by atoms with E-state index in [0.717, 1.165) is 23.1 Å². The fraction of sp³-hybridized carbons (Fsp3) is 0.0952. The third-order valence-corrected chi connectivity index (χ3v) is 5.22. The number of ether oxygens (including phenoxy) is 1. The van der Waals surface area contributed by atoms with Crippen LogP contribution in [0.5, 0.6) is 5.75 Å². The number of amides is 3. The standard InChI is InChI=1S/C21H16N2O8S/c1-31-15-5-3-2-4-11(15)9-16-18(25)23(21(30)32-16)10-17(24)22-14-7-12(19(26)27)6-13(8-14)20(28)29/h2-9H,10H2,1H3,(H,22,24)(H,26,27)(H,28,29)/b16-9-. The maximum Gasteiger partial charge on any atom is 0.335 e. The molecule has 1 fully saturated rings. The van der Waals surface area contributed by atoms with Gasteiger partial charge in [-0.25, -0.2) is 9.59 Å².